The second kappa shape index (κ2) is 15.1. The summed E-state index contributed by atoms with van der Waals surface area (Å²) < 4.78 is 6.63. The molecule has 0 radical (unpaired) electrons. The van der Waals surface area contributed by atoms with Gasteiger partial charge in [-0.05, 0) is 130 Å². The Hall–Kier alpha value is 0.400. The molecule has 3 heteroatoms. The lowest BCUT2D eigenvalue weighted by atomic mass is 9.47. The number of fused-ring (bicyclic) bond motifs is 5. The van der Waals surface area contributed by atoms with E-state index in [-0.39, 0.29) is 4.08 Å². The Kier molecular flexibility index (Phi) is 12.6. The van der Waals surface area contributed by atoms with Gasteiger partial charge in [0.25, 0.3) is 0 Å². The van der Waals surface area contributed by atoms with Crippen LogP contribution in [-0.4, -0.2) is 22.5 Å². The second-order valence-electron chi connectivity index (χ2n) is 16.4. The van der Waals surface area contributed by atoms with Crippen molar-refractivity contribution < 1.29 is 4.74 Å². The van der Waals surface area contributed by atoms with Gasteiger partial charge in [0.15, 0.2) is 0 Å². The summed E-state index contributed by atoms with van der Waals surface area (Å²) in [4.78, 5) is 0. The van der Waals surface area contributed by atoms with Crippen molar-refractivity contribution in [2.24, 2.45) is 46.3 Å². The highest BCUT2D eigenvalue weighted by Crippen LogP contribution is 2.67. The van der Waals surface area contributed by atoms with E-state index in [0.29, 0.717) is 16.9 Å². The first kappa shape index (κ1) is 34.3. The van der Waals surface area contributed by atoms with Crippen LogP contribution in [0.25, 0.3) is 0 Å². The molecule has 7 unspecified atom stereocenters. The Morgan fingerprint density at radius 3 is 2.37 bits per heavy atom. The van der Waals surface area contributed by atoms with Crippen LogP contribution in [0.1, 0.15) is 158 Å². The minimum Gasteiger partial charge on any atom is -0.378 e. The van der Waals surface area contributed by atoms with E-state index >= 15 is 0 Å². The average molecular weight is 605 g/mol. The third-order valence-corrected chi connectivity index (χ3v) is 14.2. The molecule has 4 aliphatic rings. The molecule has 3 saturated carbocycles. The number of allylic oxidation sites excluding steroid dienone is 1. The van der Waals surface area contributed by atoms with Gasteiger partial charge >= 0.3 is 0 Å². The highest BCUT2D eigenvalue weighted by atomic mass is 32.2. The molecule has 0 aromatic heterocycles. The molecule has 4 rings (SSSR count). The normalized spacial score (nSPS) is 36.0. The van der Waals surface area contributed by atoms with Crippen molar-refractivity contribution >= 4 is 24.4 Å². The maximum absolute atomic E-state index is 6.52. The van der Waals surface area contributed by atoms with E-state index in [9.17, 15) is 0 Å². The zero-order valence-electron chi connectivity index (χ0n) is 28.3. The molecule has 41 heavy (non-hydrogen) atoms. The molecule has 3 fully saturated rings. The fourth-order valence-electron chi connectivity index (χ4n) is 10.3. The summed E-state index contributed by atoms with van der Waals surface area (Å²) in [5, 5.41) is 0. The lowest BCUT2D eigenvalue weighted by molar-refractivity contribution is -0.0641. The summed E-state index contributed by atoms with van der Waals surface area (Å²) in [6.45, 7) is 18.2. The molecule has 4 aliphatic carbocycles. The summed E-state index contributed by atoms with van der Waals surface area (Å²) in [6, 6.07) is 0. The Bertz CT molecular complexity index is 829. The Labute approximate surface area is 266 Å². The van der Waals surface area contributed by atoms with Crippen LogP contribution in [0.3, 0.4) is 0 Å². The SMILES string of the molecule is CC(C)CCCC(C)C1CCC2C3CC=C4C[C@@H](OCCCCCCCCSC(C)(C)S)CCC4(C)C3CCC12C. The number of unbranched alkanes of at least 4 members (excludes halogenated alkanes) is 5. The van der Waals surface area contributed by atoms with Crippen molar-refractivity contribution in [1.82, 2.24) is 0 Å². The third kappa shape index (κ3) is 8.77. The van der Waals surface area contributed by atoms with E-state index in [4.69, 9.17) is 4.74 Å². The smallest absolute Gasteiger partial charge is 0.0612 e. The van der Waals surface area contributed by atoms with Gasteiger partial charge in [0.2, 0.25) is 0 Å². The first-order valence-corrected chi connectivity index (χ1v) is 19.5. The first-order chi connectivity index (χ1) is 19.4. The molecular formula is C38H68OS2. The number of ether oxygens (including phenoxy) is 1. The first-order valence-electron chi connectivity index (χ1n) is 18.1. The topological polar surface area (TPSA) is 9.23 Å². The molecule has 0 amide bonds. The van der Waals surface area contributed by atoms with Crippen molar-refractivity contribution in [3.63, 3.8) is 0 Å². The molecule has 0 aromatic rings. The zero-order chi connectivity index (χ0) is 29.7. The van der Waals surface area contributed by atoms with Crippen molar-refractivity contribution in [3.8, 4) is 0 Å². The summed E-state index contributed by atoms with van der Waals surface area (Å²) in [5.41, 5.74) is 2.84. The van der Waals surface area contributed by atoms with Gasteiger partial charge in [-0.15, -0.1) is 11.8 Å². The van der Waals surface area contributed by atoms with Crippen molar-refractivity contribution in [2.45, 2.75) is 168 Å². The fourth-order valence-corrected chi connectivity index (χ4v) is 11.4. The van der Waals surface area contributed by atoms with Crippen molar-refractivity contribution in [3.05, 3.63) is 11.6 Å². The largest absolute Gasteiger partial charge is 0.378 e. The lowest BCUT2D eigenvalue weighted by Gasteiger charge is -2.58. The third-order valence-electron chi connectivity index (χ3n) is 12.6. The Morgan fingerprint density at radius 1 is 0.902 bits per heavy atom. The lowest BCUT2D eigenvalue weighted by Crippen LogP contribution is -2.51. The summed E-state index contributed by atoms with van der Waals surface area (Å²) in [7, 11) is 0. The molecule has 0 bridgehead atoms. The van der Waals surface area contributed by atoms with Gasteiger partial charge in [-0.25, -0.2) is 0 Å². The predicted octanol–water partition coefficient (Wildman–Crippen LogP) is 12.2. The summed E-state index contributed by atoms with van der Waals surface area (Å²) >= 11 is 6.60. The Morgan fingerprint density at radius 2 is 1.63 bits per heavy atom. The number of rotatable bonds is 16. The second-order valence-corrected chi connectivity index (χ2v) is 19.6. The molecule has 0 aliphatic heterocycles. The highest BCUT2D eigenvalue weighted by molar-refractivity contribution is 8.11. The molecule has 0 saturated heterocycles. The predicted molar refractivity (Wildman–Crippen MR) is 186 cm³/mol. The highest BCUT2D eigenvalue weighted by Gasteiger charge is 2.59. The minimum absolute atomic E-state index is 0.117. The zero-order valence-corrected chi connectivity index (χ0v) is 30.0. The maximum Gasteiger partial charge on any atom is 0.0612 e. The van der Waals surface area contributed by atoms with E-state index in [2.05, 4.69) is 67.2 Å². The van der Waals surface area contributed by atoms with Gasteiger partial charge in [-0.3, -0.25) is 0 Å². The molecular weight excluding hydrogens is 537 g/mol. The number of hydrogen-bond donors (Lipinski definition) is 1. The van der Waals surface area contributed by atoms with E-state index < -0.39 is 0 Å². The monoisotopic (exact) mass is 604 g/mol. The van der Waals surface area contributed by atoms with Crippen LogP contribution in [0.5, 0.6) is 0 Å². The van der Waals surface area contributed by atoms with Crippen LogP contribution in [0.4, 0.5) is 0 Å². The molecule has 0 heterocycles. The van der Waals surface area contributed by atoms with Gasteiger partial charge in [-0.2, -0.15) is 12.6 Å². The molecule has 0 aromatic carbocycles. The minimum atomic E-state index is 0.117. The Balaban J connectivity index is 1.20. The van der Waals surface area contributed by atoms with E-state index in [0.717, 1.165) is 42.1 Å². The standard InChI is InChI=1S/C38H68OS2/c1-28(2)15-14-16-29(3)33-19-20-34-32-18-17-30-27-31(21-23-37(30,6)35(32)22-24-38(33,34)7)39-25-12-10-8-9-11-13-26-41-36(4,5)40/h17,28-29,31-35,40H,8-16,18-27H2,1-7H3/t29?,31-,32?,33?,34?,35?,37?,38?/m0/s1. The van der Waals surface area contributed by atoms with Crippen LogP contribution in [0, 0.1) is 46.3 Å². The van der Waals surface area contributed by atoms with E-state index in [1.165, 1.54) is 115 Å². The molecule has 0 spiro atoms. The van der Waals surface area contributed by atoms with Crippen LogP contribution in [-0.2, 0) is 4.74 Å². The van der Waals surface area contributed by atoms with Gasteiger partial charge in [0, 0.05) is 6.61 Å². The van der Waals surface area contributed by atoms with Crippen LogP contribution in [0.2, 0.25) is 0 Å². The maximum atomic E-state index is 6.52. The van der Waals surface area contributed by atoms with E-state index in [1.807, 2.05) is 11.8 Å². The van der Waals surface area contributed by atoms with Gasteiger partial charge in [0.05, 0.1) is 10.2 Å². The number of hydrogen-bond acceptors (Lipinski definition) is 3. The van der Waals surface area contributed by atoms with Gasteiger partial charge < -0.3 is 4.74 Å². The van der Waals surface area contributed by atoms with E-state index in [1.54, 1.807) is 5.57 Å². The van der Waals surface area contributed by atoms with Gasteiger partial charge in [0.1, 0.15) is 0 Å². The fraction of sp³-hybridized carbons (Fsp3) is 0.947. The molecule has 1 nitrogen and oxygen atoms in total. The summed E-state index contributed by atoms with van der Waals surface area (Å²) in [6.07, 6.45) is 26.8. The van der Waals surface area contributed by atoms with Crippen LogP contribution < -0.4 is 0 Å². The summed E-state index contributed by atoms with van der Waals surface area (Å²) in [5.74, 6) is 6.81. The average Bonchev–Trinajstić information content (AvgIpc) is 3.26. The number of thioether (sulfide) groups is 1. The van der Waals surface area contributed by atoms with Crippen LogP contribution >= 0.6 is 24.4 Å². The molecule has 8 atom stereocenters. The van der Waals surface area contributed by atoms with Gasteiger partial charge in [-0.1, -0.05) is 91.2 Å². The van der Waals surface area contributed by atoms with Crippen LogP contribution in [0.15, 0.2) is 11.6 Å². The number of thiol groups is 1. The quantitative estimate of drug-likeness (QED) is 0.0812. The molecule has 0 N–H and O–H groups in total. The molecule has 238 valence electrons. The van der Waals surface area contributed by atoms with Crippen molar-refractivity contribution in [2.75, 3.05) is 12.4 Å². The van der Waals surface area contributed by atoms with Crippen molar-refractivity contribution in [1.29, 1.82) is 0 Å².